The number of aromatic nitrogens is 2. The van der Waals surface area contributed by atoms with E-state index in [1.165, 1.54) is 28.9 Å². The lowest BCUT2D eigenvalue weighted by molar-refractivity contribution is -0.124. The molecule has 14 heteroatoms. The Morgan fingerprint density at radius 3 is 1.87 bits per heavy atom. The van der Waals surface area contributed by atoms with E-state index in [-0.39, 0.29) is 63.2 Å². The van der Waals surface area contributed by atoms with Crippen molar-refractivity contribution in [2.45, 2.75) is 100 Å². The summed E-state index contributed by atoms with van der Waals surface area (Å²) < 4.78 is 42.8. The summed E-state index contributed by atoms with van der Waals surface area (Å²) in [5.41, 5.74) is 2.11. The Kier molecular flexibility index (Phi) is 12.9. The summed E-state index contributed by atoms with van der Waals surface area (Å²) in [5, 5.41) is 10.8. The SMILES string of the molecule is O=C(Cn1nc(NS(=O)(=O)c2ccc(Cl)c(Cl)c2)cc1C(=O)N[C@H]1CCCC[C@@H]1OCc1ccccc1)N[C@H]1CCCC[C@@H]1OCc1ccccc1. The molecule has 3 aromatic carbocycles. The second-order valence-electron chi connectivity index (χ2n) is 13.2. The van der Waals surface area contributed by atoms with Crippen molar-refractivity contribution < 1.29 is 27.5 Å². The van der Waals surface area contributed by atoms with Crippen LogP contribution in [0.1, 0.15) is 73.0 Å². The Morgan fingerprint density at radius 2 is 1.29 bits per heavy atom. The van der Waals surface area contributed by atoms with Crippen molar-refractivity contribution in [1.29, 1.82) is 0 Å². The average molecular weight is 769 g/mol. The largest absolute Gasteiger partial charge is 0.371 e. The standard InChI is InChI=1S/C38H43Cl2N5O6S/c39-29-20-19-28(21-30(29)40)52(48,49)44-36-22-33(38(47)42-32-16-8-10-18-35(32)51-25-27-13-5-2-6-14-27)45(43-36)23-37(46)41-31-15-7-9-17-34(31)50-24-26-11-3-1-4-12-26/h1-6,11-14,19-22,31-32,34-35H,7-10,15-18,23-25H2,(H,41,46)(H,42,47)(H,43,44)/t31-,32-,34-,35-/m0/s1. The van der Waals surface area contributed by atoms with Crippen LogP contribution in [0.15, 0.2) is 89.8 Å². The van der Waals surface area contributed by atoms with Crippen molar-refractivity contribution in [2.24, 2.45) is 0 Å². The molecule has 3 N–H and O–H groups in total. The van der Waals surface area contributed by atoms with Crippen LogP contribution in [0.3, 0.4) is 0 Å². The molecule has 2 saturated carbocycles. The smallest absolute Gasteiger partial charge is 0.269 e. The van der Waals surface area contributed by atoms with Crippen LogP contribution in [0.5, 0.6) is 0 Å². The van der Waals surface area contributed by atoms with E-state index in [1.807, 2.05) is 60.7 Å². The molecule has 2 aliphatic carbocycles. The summed E-state index contributed by atoms with van der Waals surface area (Å²) >= 11 is 12.1. The maximum Gasteiger partial charge on any atom is 0.269 e. The van der Waals surface area contributed by atoms with Crippen molar-refractivity contribution in [2.75, 3.05) is 4.72 Å². The highest BCUT2D eigenvalue weighted by Gasteiger charge is 2.31. The molecule has 0 radical (unpaired) electrons. The van der Waals surface area contributed by atoms with Crippen molar-refractivity contribution in [3.63, 3.8) is 0 Å². The van der Waals surface area contributed by atoms with Gasteiger partial charge in [-0.1, -0.05) is 110 Å². The maximum atomic E-state index is 13.9. The molecule has 4 aromatic rings. The number of hydrogen-bond acceptors (Lipinski definition) is 7. The number of benzene rings is 3. The number of sulfonamides is 1. The summed E-state index contributed by atoms with van der Waals surface area (Å²) in [6.45, 7) is 0.520. The molecule has 2 fully saturated rings. The van der Waals surface area contributed by atoms with Gasteiger partial charge in [0.1, 0.15) is 12.2 Å². The van der Waals surface area contributed by atoms with Gasteiger partial charge in [0.25, 0.3) is 15.9 Å². The number of anilines is 1. The van der Waals surface area contributed by atoms with Crippen LogP contribution in [0.25, 0.3) is 0 Å². The highest BCUT2D eigenvalue weighted by Crippen LogP contribution is 2.27. The van der Waals surface area contributed by atoms with Gasteiger partial charge in [-0.15, -0.1) is 0 Å². The molecule has 0 aliphatic heterocycles. The number of hydrogen-bond donors (Lipinski definition) is 3. The molecular weight excluding hydrogens is 725 g/mol. The van der Waals surface area contributed by atoms with E-state index >= 15 is 0 Å². The lowest BCUT2D eigenvalue weighted by Gasteiger charge is -2.32. The topological polar surface area (TPSA) is 141 Å². The van der Waals surface area contributed by atoms with Crippen LogP contribution >= 0.6 is 23.2 Å². The minimum absolute atomic E-state index is 0.0230. The molecule has 1 aromatic heterocycles. The minimum atomic E-state index is -4.18. The molecule has 2 aliphatic rings. The molecule has 2 amide bonds. The van der Waals surface area contributed by atoms with E-state index < -0.39 is 15.9 Å². The number of carbonyl (C=O) groups excluding carboxylic acids is 2. The number of amides is 2. The molecule has 1 heterocycles. The molecule has 52 heavy (non-hydrogen) atoms. The van der Waals surface area contributed by atoms with Crippen molar-refractivity contribution in [3.05, 3.63) is 112 Å². The fourth-order valence-electron chi connectivity index (χ4n) is 6.72. The van der Waals surface area contributed by atoms with Crippen LogP contribution in [-0.4, -0.2) is 54.3 Å². The van der Waals surface area contributed by atoms with Gasteiger partial charge in [0.15, 0.2) is 5.82 Å². The third kappa shape index (κ3) is 10.1. The van der Waals surface area contributed by atoms with Gasteiger partial charge in [-0.2, -0.15) is 5.10 Å². The molecule has 11 nitrogen and oxygen atoms in total. The summed E-state index contributed by atoms with van der Waals surface area (Å²) in [6, 6.07) is 24.4. The lowest BCUT2D eigenvalue weighted by atomic mass is 9.92. The summed E-state index contributed by atoms with van der Waals surface area (Å²) in [5.74, 6) is -1.01. The first-order valence-electron chi connectivity index (χ1n) is 17.6. The summed E-state index contributed by atoms with van der Waals surface area (Å²) in [6.07, 6.45) is 6.49. The van der Waals surface area contributed by atoms with Gasteiger partial charge < -0.3 is 20.1 Å². The highest BCUT2D eigenvalue weighted by atomic mass is 35.5. The first-order chi connectivity index (χ1) is 25.1. The Morgan fingerprint density at radius 1 is 0.731 bits per heavy atom. The molecular formula is C38H43Cl2N5O6S. The highest BCUT2D eigenvalue weighted by molar-refractivity contribution is 7.92. The van der Waals surface area contributed by atoms with Gasteiger partial charge in [0.2, 0.25) is 5.91 Å². The molecule has 276 valence electrons. The van der Waals surface area contributed by atoms with Crippen molar-refractivity contribution >= 4 is 50.9 Å². The van der Waals surface area contributed by atoms with Crippen molar-refractivity contribution in [3.8, 4) is 0 Å². The van der Waals surface area contributed by atoms with Gasteiger partial charge in [0.05, 0.1) is 52.4 Å². The van der Waals surface area contributed by atoms with E-state index in [0.717, 1.165) is 56.1 Å². The lowest BCUT2D eigenvalue weighted by Crippen LogP contribution is -2.48. The van der Waals surface area contributed by atoms with Crippen LogP contribution in [0.4, 0.5) is 5.82 Å². The third-order valence-corrected chi connectivity index (χ3v) is 11.5. The van der Waals surface area contributed by atoms with Gasteiger partial charge in [0, 0.05) is 6.07 Å². The molecule has 0 unspecified atom stereocenters. The fourth-order valence-corrected chi connectivity index (χ4v) is 8.10. The Balaban J connectivity index is 1.19. The second-order valence-corrected chi connectivity index (χ2v) is 15.7. The number of halogens is 2. The number of nitrogens with one attached hydrogen (secondary N) is 3. The normalized spacial score (nSPS) is 20.6. The van der Waals surface area contributed by atoms with Crippen LogP contribution in [0, 0.1) is 0 Å². The zero-order chi connectivity index (χ0) is 36.5. The van der Waals surface area contributed by atoms with E-state index in [2.05, 4.69) is 20.5 Å². The number of rotatable bonds is 14. The van der Waals surface area contributed by atoms with Gasteiger partial charge in [-0.05, 0) is 55.0 Å². The number of carbonyl (C=O) groups is 2. The fraction of sp³-hybridized carbons (Fsp3) is 0.395. The van der Waals surface area contributed by atoms with E-state index in [0.29, 0.717) is 19.6 Å². The monoisotopic (exact) mass is 767 g/mol. The van der Waals surface area contributed by atoms with Gasteiger partial charge in [-0.25, -0.2) is 13.1 Å². The van der Waals surface area contributed by atoms with Crippen LogP contribution < -0.4 is 15.4 Å². The van der Waals surface area contributed by atoms with Crippen molar-refractivity contribution in [1.82, 2.24) is 20.4 Å². The van der Waals surface area contributed by atoms with Gasteiger partial charge in [-0.3, -0.25) is 14.3 Å². The molecule has 6 rings (SSSR count). The Labute approximate surface area is 314 Å². The van der Waals surface area contributed by atoms with E-state index in [4.69, 9.17) is 32.7 Å². The predicted octanol–water partition coefficient (Wildman–Crippen LogP) is 6.89. The molecule has 0 saturated heterocycles. The van der Waals surface area contributed by atoms with E-state index in [9.17, 15) is 18.0 Å². The maximum absolute atomic E-state index is 13.9. The first-order valence-corrected chi connectivity index (χ1v) is 19.9. The first kappa shape index (κ1) is 37.8. The zero-order valence-corrected chi connectivity index (χ0v) is 31.0. The zero-order valence-electron chi connectivity index (χ0n) is 28.7. The third-order valence-electron chi connectivity index (χ3n) is 9.43. The second kappa shape index (κ2) is 17.7. The quantitative estimate of drug-likeness (QED) is 0.127. The number of ether oxygens (including phenoxy) is 2. The van der Waals surface area contributed by atoms with Gasteiger partial charge >= 0.3 is 0 Å². The van der Waals surface area contributed by atoms with E-state index in [1.54, 1.807) is 0 Å². The molecule has 0 bridgehead atoms. The molecule has 4 atom stereocenters. The summed E-state index contributed by atoms with van der Waals surface area (Å²) in [4.78, 5) is 27.4. The van der Waals surface area contributed by atoms with Crippen LogP contribution in [-0.2, 0) is 44.1 Å². The number of nitrogens with zero attached hydrogens (tertiary/aromatic N) is 2. The predicted molar refractivity (Wildman–Crippen MR) is 200 cm³/mol. The Hall–Kier alpha value is -3.94. The molecule has 0 spiro atoms. The van der Waals surface area contributed by atoms with Crippen LogP contribution in [0.2, 0.25) is 10.0 Å². The Bertz CT molecular complexity index is 1930. The minimum Gasteiger partial charge on any atom is -0.371 e. The summed E-state index contributed by atoms with van der Waals surface area (Å²) in [7, 11) is -4.18. The average Bonchev–Trinajstić information content (AvgIpc) is 3.53.